The van der Waals surface area contributed by atoms with Crippen molar-refractivity contribution in [2.45, 2.75) is 32.4 Å². The minimum Gasteiger partial charge on any atom is -0.312 e. The van der Waals surface area contributed by atoms with E-state index in [4.69, 9.17) is 0 Å². The molecule has 5 rings (SSSR count). The highest BCUT2D eigenvalue weighted by Gasteiger charge is 2.23. The predicted octanol–water partition coefficient (Wildman–Crippen LogP) is 2.52. The van der Waals surface area contributed by atoms with Gasteiger partial charge in [-0.25, -0.2) is 4.98 Å². The number of hydrogen-bond acceptors (Lipinski definition) is 5. The number of pyridine rings is 1. The van der Waals surface area contributed by atoms with E-state index in [1.807, 2.05) is 35.2 Å². The Morgan fingerprint density at radius 1 is 1.00 bits per heavy atom. The lowest BCUT2D eigenvalue weighted by Gasteiger charge is -2.28. The van der Waals surface area contributed by atoms with Crippen LogP contribution in [0.5, 0.6) is 0 Å². The molecule has 2 aliphatic rings. The van der Waals surface area contributed by atoms with E-state index in [1.165, 1.54) is 5.56 Å². The van der Waals surface area contributed by atoms with E-state index >= 15 is 0 Å². The molecular weight excluding hydrogens is 378 g/mol. The smallest absolute Gasteiger partial charge is 0.255 e. The van der Waals surface area contributed by atoms with Crippen LogP contribution in [0.1, 0.15) is 29.7 Å². The number of aromatic nitrogens is 3. The Morgan fingerprint density at radius 3 is 2.60 bits per heavy atom. The van der Waals surface area contributed by atoms with Gasteiger partial charge in [0.15, 0.2) is 5.82 Å². The van der Waals surface area contributed by atoms with Gasteiger partial charge in [0.2, 0.25) is 5.91 Å². The SMILES string of the molecule is O=C1CCCN1c1ccc(CN2CCc3nc(-c4ccccn4)[nH]c(=O)c3C2)cc1. The maximum Gasteiger partial charge on any atom is 0.255 e. The molecule has 0 saturated carbocycles. The highest BCUT2D eigenvalue weighted by molar-refractivity contribution is 5.95. The molecule has 7 nitrogen and oxygen atoms in total. The fraction of sp³-hybridized carbons (Fsp3) is 0.304. The zero-order valence-corrected chi connectivity index (χ0v) is 16.7. The average molecular weight is 401 g/mol. The second-order valence-corrected chi connectivity index (χ2v) is 7.83. The number of nitrogens with zero attached hydrogens (tertiary/aromatic N) is 4. The van der Waals surface area contributed by atoms with Crippen LogP contribution in [0.15, 0.2) is 53.5 Å². The summed E-state index contributed by atoms with van der Waals surface area (Å²) in [4.78, 5) is 40.6. The third-order valence-corrected chi connectivity index (χ3v) is 5.78. The zero-order valence-electron chi connectivity index (χ0n) is 16.7. The van der Waals surface area contributed by atoms with Gasteiger partial charge in [0, 0.05) is 50.9 Å². The first-order valence-corrected chi connectivity index (χ1v) is 10.3. The first-order valence-electron chi connectivity index (χ1n) is 10.3. The van der Waals surface area contributed by atoms with Crippen LogP contribution in [0.3, 0.4) is 0 Å². The number of nitrogens with one attached hydrogen (secondary N) is 1. The number of amides is 1. The number of fused-ring (bicyclic) bond motifs is 1. The van der Waals surface area contributed by atoms with Crippen LogP contribution in [0, 0.1) is 0 Å². The van der Waals surface area contributed by atoms with Gasteiger partial charge in [0.1, 0.15) is 5.69 Å². The monoisotopic (exact) mass is 401 g/mol. The lowest BCUT2D eigenvalue weighted by atomic mass is 10.1. The molecular formula is C23H23N5O2. The van der Waals surface area contributed by atoms with E-state index in [0.717, 1.165) is 49.4 Å². The van der Waals surface area contributed by atoms with Crippen molar-refractivity contribution in [1.82, 2.24) is 19.9 Å². The maximum absolute atomic E-state index is 12.7. The molecule has 1 saturated heterocycles. The van der Waals surface area contributed by atoms with E-state index in [-0.39, 0.29) is 11.5 Å². The highest BCUT2D eigenvalue weighted by atomic mass is 16.2. The Hall–Kier alpha value is -3.32. The van der Waals surface area contributed by atoms with Gasteiger partial charge in [-0.1, -0.05) is 18.2 Å². The molecule has 1 fully saturated rings. The average Bonchev–Trinajstić information content (AvgIpc) is 3.21. The fourth-order valence-electron chi connectivity index (χ4n) is 4.20. The molecule has 7 heteroatoms. The number of anilines is 1. The summed E-state index contributed by atoms with van der Waals surface area (Å²) < 4.78 is 0. The summed E-state index contributed by atoms with van der Waals surface area (Å²) >= 11 is 0. The summed E-state index contributed by atoms with van der Waals surface area (Å²) in [5.41, 5.74) is 4.32. The molecule has 0 atom stereocenters. The van der Waals surface area contributed by atoms with Crippen molar-refractivity contribution in [1.29, 1.82) is 0 Å². The molecule has 0 radical (unpaired) electrons. The molecule has 0 aliphatic carbocycles. The van der Waals surface area contributed by atoms with Crippen LogP contribution in [0.25, 0.3) is 11.5 Å². The van der Waals surface area contributed by atoms with E-state index in [0.29, 0.717) is 24.5 Å². The van der Waals surface area contributed by atoms with Crippen LogP contribution in [0.2, 0.25) is 0 Å². The summed E-state index contributed by atoms with van der Waals surface area (Å²) in [6.45, 7) is 2.98. The van der Waals surface area contributed by atoms with E-state index in [1.54, 1.807) is 6.20 Å². The normalized spacial score (nSPS) is 16.7. The van der Waals surface area contributed by atoms with E-state index < -0.39 is 0 Å². The standard InChI is InChI=1S/C23H23N5O2/c29-21-5-3-12-28(21)17-8-6-16(7-9-17)14-27-13-10-19-18(15-27)23(30)26-22(25-19)20-4-1-2-11-24-20/h1-2,4,6-9,11H,3,5,10,12-15H2,(H,25,26,30). The number of H-pyrrole nitrogens is 1. The highest BCUT2D eigenvalue weighted by Crippen LogP contribution is 2.23. The largest absolute Gasteiger partial charge is 0.312 e. The molecule has 4 heterocycles. The second-order valence-electron chi connectivity index (χ2n) is 7.83. The van der Waals surface area contributed by atoms with Crippen molar-refractivity contribution in [3.63, 3.8) is 0 Å². The Labute approximate surface area is 174 Å². The van der Waals surface area contributed by atoms with Gasteiger partial charge >= 0.3 is 0 Å². The number of carbonyl (C=O) groups excluding carboxylic acids is 1. The molecule has 2 aromatic heterocycles. The zero-order chi connectivity index (χ0) is 20.5. The second kappa shape index (κ2) is 7.84. The number of carbonyl (C=O) groups is 1. The first-order chi connectivity index (χ1) is 14.7. The molecule has 2 aliphatic heterocycles. The van der Waals surface area contributed by atoms with Crippen LogP contribution in [-0.2, 0) is 24.3 Å². The van der Waals surface area contributed by atoms with Crippen molar-refractivity contribution >= 4 is 11.6 Å². The minimum absolute atomic E-state index is 0.0896. The quantitative estimate of drug-likeness (QED) is 0.726. The number of benzene rings is 1. The third-order valence-electron chi connectivity index (χ3n) is 5.78. The van der Waals surface area contributed by atoms with Crippen LogP contribution in [-0.4, -0.2) is 38.8 Å². The Bertz CT molecular complexity index is 1120. The molecule has 152 valence electrons. The van der Waals surface area contributed by atoms with E-state index in [9.17, 15) is 9.59 Å². The molecule has 3 aromatic rings. The molecule has 1 N–H and O–H groups in total. The topological polar surface area (TPSA) is 82.2 Å². The maximum atomic E-state index is 12.7. The summed E-state index contributed by atoms with van der Waals surface area (Å²) in [7, 11) is 0. The summed E-state index contributed by atoms with van der Waals surface area (Å²) in [6, 6.07) is 13.8. The van der Waals surface area contributed by atoms with Crippen LogP contribution < -0.4 is 10.5 Å². The van der Waals surface area contributed by atoms with Gasteiger partial charge in [0.05, 0.1) is 11.3 Å². The first kappa shape index (κ1) is 18.7. The van der Waals surface area contributed by atoms with Crippen LogP contribution >= 0.6 is 0 Å². The molecule has 0 spiro atoms. The van der Waals surface area contributed by atoms with Crippen molar-refractivity contribution in [2.24, 2.45) is 0 Å². The van der Waals surface area contributed by atoms with Gasteiger partial charge < -0.3 is 9.88 Å². The van der Waals surface area contributed by atoms with Crippen molar-refractivity contribution in [3.05, 3.63) is 75.8 Å². The summed E-state index contributed by atoms with van der Waals surface area (Å²) in [6.07, 6.45) is 4.00. The molecule has 1 aromatic carbocycles. The number of hydrogen-bond donors (Lipinski definition) is 1. The van der Waals surface area contributed by atoms with Crippen molar-refractivity contribution < 1.29 is 4.79 Å². The van der Waals surface area contributed by atoms with Crippen LogP contribution in [0.4, 0.5) is 5.69 Å². The lowest BCUT2D eigenvalue weighted by Crippen LogP contribution is -2.35. The van der Waals surface area contributed by atoms with Gasteiger partial charge in [-0.3, -0.25) is 19.5 Å². The molecule has 1 amide bonds. The molecule has 30 heavy (non-hydrogen) atoms. The number of aromatic amines is 1. The van der Waals surface area contributed by atoms with Crippen molar-refractivity contribution in [2.75, 3.05) is 18.0 Å². The van der Waals surface area contributed by atoms with Gasteiger partial charge in [-0.2, -0.15) is 0 Å². The van der Waals surface area contributed by atoms with Crippen molar-refractivity contribution in [3.8, 4) is 11.5 Å². The minimum atomic E-state index is -0.0896. The summed E-state index contributed by atoms with van der Waals surface area (Å²) in [5.74, 6) is 0.729. The predicted molar refractivity (Wildman–Crippen MR) is 114 cm³/mol. The Kier molecular flexibility index (Phi) is 4.88. The number of rotatable bonds is 4. The third kappa shape index (κ3) is 3.64. The molecule has 0 bridgehead atoms. The summed E-state index contributed by atoms with van der Waals surface area (Å²) in [5, 5.41) is 0. The van der Waals surface area contributed by atoms with Gasteiger partial charge in [0.25, 0.3) is 5.56 Å². The van der Waals surface area contributed by atoms with E-state index in [2.05, 4.69) is 32.0 Å². The fourth-order valence-corrected chi connectivity index (χ4v) is 4.20. The van der Waals surface area contributed by atoms with Gasteiger partial charge in [-0.15, -0.1) is 0 Å². The Morgan fingerprint density at radius 2 is 1.87 bits per heavy atom. The van der Waals surface area contributed by atoms with Gasteiger partial charge in [-0.05, 0) is 36.2 Å². The lowest BCUT2D eigenvalue weighted by molar-refractivity contribution is -0.117. The molecule has 0 unspecified atom stereocenters. The Balaban J connectivity index is 1.30.